The molecule has 4 N–H and O–H groups in total. The van der Waals surface area contributed by atoms with Gasteiger partial charge in [-0.2, -0.15) is 0 Å². The number of nitrogens with zero attached hydrogens (tertiary/aromatic N) is 1. The highest BCUT2D eigenvalue weighted by molar-refractivity contribution is 5.94. The van der Waals surface area contributed by atoms with E-state index in [1.165, 1.54) is 0 Å². The fourth-order valence-electron chi connectivity index (χ4n) is 3.38. The molecule has 4 rings (SSSR count). The van der Waals surface area contributed by atoms with Crippen LogP contribution < -0.4 is 11.1 Å². The monoisotopic (exact) mass is 396 g/mol. The molecule has 1 heterocycles. The first-order valence-corrected chi connectivity index (χ1v) is 9.97. The smallest absolute Gasteiger partial charge is 0.251 e. The van der Waals surface area contributed by atoms with Crippen LogP contribution in [-0.4, -0.2) is 15.9 Å². The fraction of sp³-hybridized carbons (Fsp3) is 0.120. The predicted molar refractivity (Wildman–Crippen MR) is 119 cm³/mol. The molecule has 5 nitrogen and oxygen atoms in total. The lowest BCUT2D eigenvalue weighted by atomic mass is 10.0. The largest absolute Gasteiger partial charge is 0.342 e. The van der Waals surface area contributed by atoms with Gasteiger partial charge >= 0.3 is 0 Å². The molecule has 150 valence electrons. The molecule has 0 saturated carbocycles. The van der Waals surface area contributed by atoms with Gasteiger partial charge in [-0.05, 0) is 35.2 Å². The lowest BCUT2D eigenvalue weighted by molar-refractivity contribution is 0.0935. The van der Waals surface area contributed by atoms with Gasteiger partial charge in [-0.15, -0.1) is 0 Å². The first-order chi connectivity index (χ1) is 14.7. The Labute approximate surface area is 176 Å². The number of nitrogens with one attached hydrogen (secondary N) is 2. The highest BCUT2D eigenvalue weighted by Crippen LogP contribution is 2.22. The molecule has 0 saturated heterocycles. The third-order valence-corrected chi connectivity index (χ3v) is 5.05. The van der Waals surface area contributed by atoms with Gasteiger partial charge in [-0.3, -0.25) is 4.79 Å². The molecule has 3 aromatic carbocycles. The SMILES string of the molecule is NCc1ccc(C(=O)N[C@@H](Cc2ccccc2)c2ncc(-c3ccccc3)[nH]2)cc1. The molecule has 0 unspecified atom stereocenters. The van der Waals surface area contributed by atoms with Gasteiger partial charge in [0.1, 0.15) is 5.82 Å². The van der Waals surface area contributed by atoms with Crippen molar-refractivity contribution in [2.75, 3.05) is 0 Å². The Kier molecular flexibility index (Phi) is 6.01. The van der Waals surface area contributed by atoms with E-state index in [2.05, 4.69) is 27.4 Å². The van der Waals surface area contributed by atoms with Crippen molar-refractivity contribution in [3.63, 3.8) is 0 Å². The van der Waals surface area contributed by atoms with Gasteiger partial charge in [0, 0.05) is 12.1 Å². The second-order valence-electron chi connectivity index (χ2n) is 7.16. The van der Waals surface area contributed by atoms with Crippen LogP contribution in [0.15, 0.2) is 91.1 Å². The van der Waals surface area contributed by atoms with Crippen LogP contribution in [0.2, 0.25) is 0 Å². The second-order valence-corrected chi connectivity index (χ2v) is 7.16. The number of rotatable bonds is 7. The van der Waals surface area contributed by atoms with E-state index in [1.54, 1.807) is 12.1 Å². The van der Waals surface area contributed by atoms with Crippen LogP contribution in [0.5, 0.6) is 0 Å². The number of carbonyl (C=O) groups is 1. The number of H-pyrrole nitrogens is 1. The molecular formula is C25H24N4O. The summed E-state index contributed by atoms with van der Waals surface area (Å²) in [6.07, 6.45) is 2.44. The number of aromatic amines is 1. The number of carbonyl (C=O) groups excluding carboxylic acids is 1. The maximum Gasteiger partial charge on any atom is 0.251 e. The van der Waals surface area contributed by atoms with E-state index in [0.717, 1.165) is 28.2 Å². The topological polar surface area (TPSA) is 83.8 Å². The molecule has 0 aliphatic heterocycles. The van der Waals surface area contributed by atoms with Crippen molar-refractivity contribution in [3.05, 3.63) is 114 Å². The quantitative estimate of drug-likeness (QED) is 0.437. The van der Waals surface area contributed by atoms with E-state index in [9.17, 15) is 4.79 Å². The van der Waals surface area contributed by atoms with Crippen LogP contribution in [0.3, 0.4) is 0 Å². The van der Waals surface area contributed by atoms with Crippen molar-refractivity contribution < 1.29 is 4.79 Å². The Morgan fingerprint density at radius 2 is 1.57 bits per heavy atom. The van der Waals surface area contributed by atoms with E-state index in [1.807, 2.05) is 66.9 Å². The standard InChI is InChI=1S/C25H24N4O/c26-16-19-11-13-21(14-12-19)25(30)29-22(15-18-7-3-1-4-8-18)24-27-17-23(28-24)20-9-5-2-6-10-20/h1-14,17,22H,15-16,26H2,(H,27,28)(H,29,30)/t22-/m0/s1. The first-order valence-electron chi connectivity index (χ1n) is 9.97. The summed E-state index contributed by atoms with van der Waals surface area (Å²) in [6.45, 7) is 0.452. The molecule has 0 spiro atoms. The normalized spacial score (nSPS) is 11.8. The Morgan fingerprint density at radius 3 is 2.23 bits per heavy atom. The predicted octanol–water partition coefficient (Wildman–Crippen LogP) is 4.25. The average Bonchev–Trinajstić information content (AvgIpc) is 3.30. The van der Waals surface area contributed by atoms with Crippen molar-refractivity contribution in [3.8, 4) is 11.3 Å². The van der Waals surface area contributed by atoms with E-state index in [-0.39, 0.29) is 11.9 Å². The molecule has 0 aliphatic carbocycles. The summed E-state index contributed by atoms with van der Waals surface area (Å²) in [7, 11) is 0. The molecule has 5 heteroatoms. The maximum absolute atomic E-state index is 12.9. The van der Waals surface area contributed by atoms with Crippen molar-refractivity contribution in [2.45, 2.75) is 19.0 Å². The molecule has 1 aromatic heterocycles. The van der Waals surface area contributed by atoms with Gasteiger partial charge < -0.3 is 16.0 Å². The first kappa shape index (κ1) is 19.6. The average molecular weight is 396 g/mol. The Morgan fingerprint density at radius 1 is 0.900 bits per heavy atom. The molecule has 4 aromatic rings. The van der Waals surface area contributed by atoms with Gasteiger partial charge in [0.05, 0.1) is 17.9 Å². The van der Waals surface area contributed by atoms with Crippen LogP contribution in [-0.2, 0) is 13.0 Å². The minimum Gasteiger partial charge on any atom is -0.342 e. The Bertz CT molecular complexity index is 1090. The van der Waals surface area contributed by atoms with Crippen LogP contribution in [0, 0.1) is 0 Å². The van der Waals surface area contributed by atoms with Crippen LogP contribution in [0.1, 0.15) is 33.4 Å². The molecule has 0 bridgehead atoms. The van der Waals surface area contributed by atoms with E-state index < -0.39 is 0 Å². The number of hydrogen-bond donors (Lipinski definition) is 3. The molecule has 1 atom stereocenters. The third-order valence-electron chi connectivity index (χ3n) is 5.05. The zero-order valence-corrected chi connectivity index (χ0v) is 16.6. The molecule has 0 aliphatic rings. The van der Waals surface area contributed by atoms with E-state index in [0.29, 0.717) is 18.5 Å². The minimum absolute atomic E-state index is 0.142. The molecule has 1 amide bonds. The zero-order chi connectivity index (χ0) is 20.8. The number of amides is 1. The summed E-state index contributed by atoms with van der Waals surface area (Å²) in [5.41, 5.74) is 10.3. The molecule has 30 heavy (non-hydrogen) atoms. The summed E-state index contributed by atoms with van der Waals surface area (Å²) < 4.78 is 0. The van der Waals surface area contributed by atoms with Gasteiger partial charge in [-0.25, -0.2) is 4.98 Å². The van der Waals surface area contributed by atoms with Crippen molar-refractivity contribution in [1.82, 2.24) is 15.3 Å². The Hall–Kier alpha value is -3.70. The van der Waals surface area contributed by atoms with Gasteiger partial charge in [0.15, 0.2) is 0 Å². The number of hydrogen-bond acceptors (Lipinski definition) is 3. The van der Waals surface area contributed by atoms with E-state index >= 15 is 0 Å². The van der Waals surface area contributed by atoms with Crippen molar-refractivity contribution in [1.29, 1.82) is 0 Å². The molecular weight excluding hydrogens is 372 g/mol. The van der Waals surface area contributed by atoms with Crippen molar-refractivity contribution >= 4 is 5.91 Å². The highest BCUT2D eigenvalue weighted by Gasteiger charge is 2.20. The summed E-state index contributed by atoms with van der Waals surface area (Å²) in [6, 6.07) is 27.2. The highest BCUT2D eigenvalue weighted by atomic mass is 16.1. The van der Waals surface area contributed by atoms with Gasteiger partial charge in [0.25, 0.3) is 5.91 Å². The van der Waals surface area contributed by atoms with Crippen LogP contribution >= 0.6 is 0 Å². The van der Waals surface area contributed by atoms with Gasteiger partial charge in [0.2, 0.25) is 0 Å². The minimum atomic E-state index is -0.286. The van der Waals surface area contributed by atoms with Crippen LogP contribution in [0.25, 0.3) is 11.3 Å². The lowest BCUT2D eigenvalue weighted by Gasteiger charge is -2.17. The summed E-state index contributed by atoms with van der Waals surface area (Å²) in [4.78, 5) is 20.9. The zero-order valence-electron chi connectivity index (χ0n) is 16.6. The van der Waals surface area contributed by atoms with Crippen molar-refractivity contribution in [2.24, 2.45) is 5.73 Å². The van der Waals surface area contributed by atoms with Crippen LogP contribution in [0.4, 0.5) is 0 Å². The second kappa shape index (κ2) is 9.20. The Balaban J connectivity index is 1.59. The number of nitrogens with two attached hydrogens (primary N) is 1. The summed E-state index contributed by atoms with van der Waals surface area (Å²) in [5.74, 6) is 0.585. The molecule has 0 fully saturated rings. The number of benzene rings is 3. The van der Waals surface area contributed by atoms with Gasteiger partial charge in [-0.1, -0.05) is 72.8 Å². The number of imidazole rings is 1. The lowest BCUT2D eigenvalue weighted by Crippen LogP contribution is -2.30. The molecule has 0 radical (unpaired) electrons. The third kappa shape index (κ3) is 4.64. The van der Waals surface area contributed by atoms with E-state index in [4.69, 9.17) is 5.73 Å². The number of aromatic nitrogens is 2. The summed E-state index contributed by atoms with van der Waals surface area (Å²) in [5, 5.41) is 3.14. The summed E-state index contributed by atoms with van der Waals surface area (Å²) >= 11 is 0. The maximum atomic E-state index is 12.9. The fourth-order valence-corrected chi connectivity index (χ4v) is 3.38.